The molecule has 0 unspecified atom stereocenters. The van der Waals surface area contributed by atoms with Gasteiger partial charge in [-0.25, -0.2) is 0 Å². The highest BCUT2D eigenvalue weighted by molar-refractivity contribution is 5.95. The number of benzene rings is 2. The molecule has 1 aliphatic heterocycles. The molecule has 1 aliphatic rings. The predicted octanol–water partition coefficient (Wildman–Crippen LogP) is 3.56. The average molecular weight is 347 g/mol. The van der Waals surface area contributed by atoms with Crippen LogP contribution in [0.1, 0.15) is 23.2 Å². The van der Waals surface area contributed by atoms with E-state index in [-0.39, 0.29) is 17.7 Å². The van der Waals surface area contributed by atoms with Gasteiger partial charge in [0.05, 0.1) is 12.6 Å². The molecule has 1 N–H and O–H groups in total. The highest BCUT2D eigenvalue weighted by Crippen LogP contribution is 2.25. The quantitative estimate of drug-likeness (QED) is 0.785. The first kappa shape index (κ1) is 16.4. The maximum absolute atomic E-state index is 13.1. The fourth-order valence-electron chi connectivity index (χ4n) is 3.57. The number of carbonyl (C=O) groups is 1. The lowest BCUT2D eigenvalue weighted by Gasteiger charge is -2.25. The topological polar surface area (TPSA) is 58.4 Å². The number of hydrogen-bond acceptors (Lipinski definition) is 3. The van der Waals surface area contributed by atoms with Crippen molar-refractivity contribution in [1.29, 1.82) is 0 Å². The zero-order valence-corrected chi connectivity index (χ0v) is 14.5. The Morgan fingerprint density at radius 3 is 2.73 bits per heavy atom. The fraction of sp³-hybridized carbons (Fsp3) is 0.238. The minimum Gasteiger partial charge on any atom is -0.508 e. The van der Waals surface area contributed by atoms with Crippen LogP contribution in [0.25, 0.3) is 11.1 Å². The summed E-state index contributed by atoms with van der Waals surface area (Å²) in [5.41, 5.74) is 2.65. The van der Waals surface area contributed by atoms with Gasteiger partial charge < -0.3 is 10.0 Å². The van der Waals surface area contributed by atoms with Crippen LogP contribution in [0.2, 0.25) is 0 Å². The molecule has 1 saturated heterocycles. The summed E-state index contributed by atoms with van der Waals surface area (Å²) in [6, 6.07) is 16.8. The normalized spacial score (nSPS) is 16.8. The van der Waals surface area contributed by atoms with E-state index in [0.29, 0.717) is 5.56 Å². The molecule has 5 nitrogen and oxygen atoms in total. The van der Waals surface area contributed by atoms with E-state index < -0.39 is 0 Å². The standard InChI is InChI=1S/C21H21N3O2/c25-20-9-7-16(8-10-20)17-4-1-5-18(14-17)21(26)24-13-2-6-19(24)15-23-12-3-11-22-23/h1,3-5,7-12,14,19,25H,2,6,13,15H2/t19-/m1/s1. The van der Waals surface area contributed by atoms with Crippen molar-refractivity contribution < 1.29 is 9.90 Å². The van der Waals surface area contributed by atoms with Gasteiger partial charge in [-0.3, -0.25) is 9.48 Å². The third-order valence-corrected chi connectivity index (χ3v) is 4.91. The second-order valence-electron chi connectivity index (χ2n) is 6.65. The maximum atomic E-state index is 13.1. The second kappa shape index (κ2) is 7.04. The molecule has 132 valence electrons. The number of nitrogens with zero attached hydrogens (tertiary/aromatic N) is 3. The van der Waals surface area contributed by atoms with Gasteiger partial charge in [-0.15, -0.1) is 0 Å². The van der Waals surface area contributed by atoms with Crippen LogP contribution in [0, 0.1) is 0 Å². The first-order valence-corrected chi connectivity index (χ1v) is 8.88. The number of phenolic OH excluding ortho intramolecular Hbond substituents is 1. The van der Waals surface area contributed by atoms with Crippen LogP contribution in [0.5, 0.6) is 5.75 Å². The van der Waals surface area contributed by atoms with Crippen LogP contribution in [0.4, 0.5) is 0 Å². The summed E-state index contributed by atoms with van der Waals surface area (Å²) in [5.74, 6) is 0.305. The van der Waals surface area contributed by atoms with Crippen LogP contribution in [-0.2, 0) is 6.54 Å². The van der Waals surface area contributed by atoms with Crippen LogP contribution < -0.4 is 0 Å². The summed E-state index contributed by atoms with van der Waals surface area (Å²) in [4.78, 5) is 15.0. The van der Waals surface area contributed by atoms with E-state index >= 15 is 0 Å². The summed E-state index contributed by atoms with van der Waals surface area (Å²) in [7, 11) is 0. The first-order chi connectivity index (χ1) is 12.7. The van der Waals surface area contributed by atoms with Crippen molar-refractivity contribution in [3.63, 3.8) is 0 Å². The van der Waals surface area contributed by atoms with Crippen molar-refractivity contribution in [2.24, 2.45) is 0 Å². The zero-order chi connectivity index (χ0) is 17.9. The van der Waals surface area contributed by atoms with Crippen LogP contribution in [0.15, 0.2) is 67.0 Å². The minimum absolute atomic E-state index is 0.0697. The molecule has 26 heavy (non-hydrogen) atoms. The van der Waals surface area contributed by atoms with Crippen molar-refractivity contribution in [2.45, 2.75) is 25.4 Å². The predicted molar refractivity (Wildman–Crippen MR) is 99.8 cm³/mol. The smallest absolute Gasteiger partial charge is 0.254 e. The van der Waals surface area contributed by atoms with E-state index in [4.69, 9.17) is 0 Å². The van der Waals surface area contributed by atoms with E-state index in [9.17, 15) is 9.90 Å². The molecule has 0 radical (unpaired) electrons. The highest BCUT2D eigenvalue weighted by atomic mass is 16.3. The summed E-state index contributed by atoms with van der Waals surface area (Å²) in [5, 5.41) is 13.7. The molecular weight excluding hydrogens is 326 g/mol. The number of aromatic nitrogens is 2. The summed E-state index contributed by atoms with van der Waals surface area (Å²) in [6.07, 6.45) is 5.73. The van der Waals surface area contributed by atoms with Crippen molar-refractivity contribution in [3.8, 4) is 16.9 Å². The average Bonchev–Trinajstić information content (AvgIpc) is 3.34. The van der Waals surface area contributed by atoms with E-state index in [1.165, 1.54) is 0 Å². The van der Waals surface area contributed by atoms with Gasteiger partial charge in [0, 0.05) is 24.5 Å². The van der Waals surface area contributed by atoms with E-state index in [1.54, 1.807) is 18.3 Å². The van der Waals surface area contributed by atoms with Gasteiger partial charge >= 0.3 is 0 Å². The molecule has 1 fully saturated rings. The molecule has 0 spiro atoms. The van der Waals surface area contributed by atoms with Gasteiger partial charge in [-0.1, -0.05) is 24.3 Å². The number of carbonyl (C=O) groups excluding carboxylic acids is 1. The Hall–Kier alpha value is -3.08. The Balaban J connectivity index is 1.55. The van der Waals surface area contributed by atoms with Gasteiger partial charge in [0.1, 0.15) is 5.75 Å². The van der Waals surface area contributed by atoms with Gasteiger partial charge in [0.25, 0.3) is 5.91 Å². The lowest BCUT2D eigenvalue weighted by Crippen LogP contribution is -2.38. The minimum atomic E-state index is 0.0697. The van der Waals surface area contributed by atoms with Crippen molar-refractivity contribution >= 4 is 5.91 Å². The Labute approximate surface area is 152 Å². The molecule has 5 heteroatoms. The van der Waals surface area contributed by atoms with Crippen molar-refractivity contribution in [1.82, 2.24) is 14.7 Å². The molecule has 0 bridgehead atoms. The molecule has 2 heterocycles. The molecule has 2 aromatic carbocycles. The van der Waals surface area contributed by atoms with Gasteiger partial charge in [-0.05, 0) is 54.3 Å². The number of likely N-dealkylation sites (tertiary alicyclic amines) is 1. The van der Waals surface area contributed by atoms with Crippen LogP contribution >= 0.6 is 0 Å². The zero-order valence-electron chi connectivity index (χ0n) is 14.5. The summed E-state index contributed by atoms with van der Waals surface area (Å²) < 4.78 is 1.89. The van der Waals surface area contributed by atoms with Gasteiger partial charge in [0.15, 0.2) is 0 Å². The third kappa shape index (κ3) is 3.33. The second-order valence-corrected chi connectivity index (χ2v) is 6.65. The first-order valence-electron chi connectivity index (χ1n) is 8.88. The lowest BCUT2D eigenvalue weighted by atomic mass is 10.0. The molecule has 1 atom stereocenters. The van der Waals surface area contributed by atoms with Crippen molar-refractivity contribution in [3.05, 3.63) is 72.6 Å². The Bertz CT molecular complexity index is 888. The molecule has 0 saturated carbocycles. The summed E-state index contributed by atoms with van der Waals surface area (Å²) in [6.45, 7) is 1.52. The monoisotopic (exact) mass is 347 g/mol. The molecular formula is C21H21N3O2. The number of rotatable bonds is 4. The summed E-state index contributed by atoms with van der Waals surface area (Å²) >= 11 is 0. The lowest BCUT2D eigenvalue weighted by molar-refractivity contribution is 0.0721. The van der Waals surface area contributed by atoms with E-state index in [2.05, 4.69) is 5.10 Å². The van der Waals surface area contributed by atoms with Gasteiger partial charge in [-0.2, -0.15) is 5.10 Å². The molecule has 4 rings (SSSR count). The molecule has 3 aromatic rings. The van der Waals surface area contributed by atoms with E-state index in [0.717, 1.165) is 37.1 Å². The highest BCUT2D eigenvalue weighted by Gasteiger charge is 2.29. The Kier molecular flexibility index (Phi) is 4.44. The SMILES string of the molecule is O=C(c1cccc(-c2ccc(O)cc2)c1)N1CCC[C@@H]1Cn1cccn1. The number of hydrogen-bond donors (Lipinski definition) is 1. The molecule has 1 aromatic heterocycles. The Morgan fingerprint density at radius 2 is 1.96 bits per heavy atom. The largest absolute Gasteiger partial charge is 0.508 e. The van der Waals surface area contributed by atoms with Crippen LogP contribution in [0.3, 0.4) is 0 Å². The van der Waals surface area contributed by atoms with Gasteiger partial charge in [0.2, 0.25) is 0 Å². The number of amides is 1. The van der Waals surface area contributed by atoms with Crippen molar-refractivity contribution in [2.75, 3.05) is 6.54 Å². The molecule has 1 amide bonds. The fourth-order valence-corrected chi connectivity index (χ4v) is 3.57. The third-order valence-electron chi connectivity index (χ3n) is 4.91. The van der Waals surface area contributed by atoms with Crippen LogP contribution in [-0.4, -0.2) is 38.3 Å². The maximum Gasteiger partial charge on any atom is 0.254 e. The Morgan fingerprint density at radius 1 is 1.12 bits per heavy atom. The number of phenols is 1. The molecule has 0 aliphatic carbocycles. The number of aromatic hydroxyl groups is 1. The van der Waals surface area contributed by atoms with E-state index in [1.807, 2.05) is 58.2 Å².